The van der Waals surface area contributed by atoms with E-state index in [-0.39, 0.29) is 17.6 Å². The Hall–Kier alpha value is -2.17. The zero-order valence-corrected chi connectivity index (χ0v) is 18.0. The molecular formula is C25H33NO3. The third-order valence-electron chi connectivity index (χ3n) is 5.89. The maximum Gasteiger partial charge on any atom is 0.320 e. The fourth-order valence-electron chi connectivity index (χ4n) is 3.88. The van der Waals surface area contributed by atoms with E-state index >= 15 is 0 Å². The molecule has 0 aromatic heterocycles. The van der Waals surface area contributed by atoms with Gasteiger partial charge in [-0.25, -0.2) is 0 Å². The summed E-state index contributed by atoms with van der Waals surface area (Å²) in [6, 6.07) is 18.7. The minimum atomic E-state index is -0.759. The van der Waals surface area contributed by atoms with Gasteiger partial charge in [0.15, 0.2) is 0 Å². The topological polar surface area (TPSA) is 49.8 Å². The summed E-state index contributed by atoms with van der Waals surface area (Å²) in [5.41, 5.74) is 3.74. The second-order valence-corrected chi connectivity index (χ2v) is 9.05. The summed E-state index contributed by atoms with van der Waals surface area (Å²) < 4.78 is 6.60. The van der Waals surface area contributed by atoms with Crippen LogP contribution < -0.4 is 0 Å². The first-order valence-corrected chi connectivity index (χ1v) is 10.5. The Morgan fingerprint density at radius 2 is 1.55 bits per heavy atom. The Morgan fingerprint density at radius 1 is 1.00 bits per heavy atom. The van der Waals surface area contributed by atoms with Gasteiger partial charge in [0.05, 0.1) is 6.10 Å². The van der Waals surface area contributed by atoms with Crippen LogP contribution >= 0.6 is 0 Å². The normalized spacial score (nSPS) is 18.3. The quantitative estimate of drug-likeness (QED) is 0.745. The van der Waals surface area contributed by atoms with E-state index in [9.17, 15) is 9.90 Å². The molecular weight excluding hydrogens is 362 g/mol. The summed E-state index contributed by atoms with van der Waals surface area (Å²) in [5, 5.41) is 9.25. The standard InChI is InChI=1S/C25H33NO3/c1-18(24(27)28)26-16-14-22(15-17-26)29-23(19-8-6-5-7-9-19)20-10-12-21(13-11-20)25(2,3)4/h5-13,18,22-23H,14-17H2,1-4H3,(H,27,28). The molecule has 2 aromatic rings. The van der Waals surface area contributed by atoms with Gasteiger partial charge in [0.25, 0.3) is 0 Å². The van der Waals surface area contributed by atoms with Crippen LogP contribution in [-0.2, 0) is 14.9 Å². The zero-order valence-electron chi connectivity index (χ0n) is 18.0. The summed E-state index contributed by atoms with van der Waals surface area (Å²) in [4.78, 5) is 13.3. The SMILES string of the molecule is CC(C(=O)O)N1CCC(OC(c2ccccc2)c2ccc(C(C)(C)C)cc2)CC1. The molecule has 4 nitrogen and oxygen atoms in total. The average Bonchev–Trinajstić information content (AvgIpc) is 2.72. The Morgan fingerprint density at radius 3 is 2.07 bits per heavy atom. The van der Waals surface area contributed by atoms with E-state index in [2.05, 4.69) is 57.2 Å². The van der Waals surface area contributed by atoms with Crippen LogP contribution in [0.2, 0.25) is 0 Å². The average molecular weight is 396 g/mol. The molecule has 1 saturated heterocycles. The van der Waals surface area contributed by atoms with Crippen molar-refractivity contribution in [3.8, 4) is 0 Å². The lowest BCUT2D eigenvalue weighted by atomic mass is 9.86. The summed E-state index contributed by atoms with van der Waals surface area (Å²) >= 11 is 0. The van der Waals surface area contributed by atoms with Gasteiger partial charge in [0.1, 0.15) is 12.1 Å². The molecule has 0 aliphatic carbocycles. The van der Waals surface area contributed by atoms with Crippen LogP contribution in [0.4, 0.5) is 0 Å². The zero-order chi connectivity index (χ0) is 21.0. The minimum Gasteiger partial charge on any atom is -0.480 e. The first kappa shape index (κ1) is 21.5. The lowest BCUT2D eigenvalue weighted by Gasteiger charge is -2.36. The van der Waals surface area contributed by atoms with E-state index in [1.807, 2.05) is 23.1 Å². The highest BCUT2D eigenvalue weighted by Gasteiger charge is 2.29. The van der Waals surface area contributed by atoms with Gasteiger partial charge < -0.3 is 9.84 Å². The van der Waals surface area contributed by atoms with Gasteiger partial charge in [-0.15, -0.1) is 0 Å². The Balaban J connectivity index is 1.75. The van der Waals surface area contributed by atoms with Gasteiger partial charge >= 0.3 is 5.97 Å². The molecule has 156 valence electrons. The van der Waals surface area contributed by atoms with E-state index in [1.54, 1.807) is 6.92 Å². The van der Waals surface area contributed by atoms with E-state index in [1.165, 1.54) is 5.56 Å². The molecule has 0 radical (unpaired) electrons. The van der Waals surface area contributed by atoms with Gasteiger partial charge in [-0.2, -0.15) is 0 Å². The number of benzene rings is 2. The van der Waals surface area contributed by atoms with Crippen molar-refractivity contribution in [2.45, 2.75) is 64.2 Å². The van der Waals surface area contributed by atoms with Crippen LogP contribution in [0, 0.1) is 0 Å². The molecule has 3 rings (SSSR count). The van der Waals surface area contributed by atoms with Gasteiger partial charge in [-0.05, 0) is 41.9 Å². The predicted octanol–water partition coefficient (Wildman–Crippen LogP) is 5.03. The molecule has 2 atom stereocenters. The largest absolute Gasteiger partial charge is 0.480 e. The highest BCUT2D eigenvalue weighted by atomic mass is 16.5. The highest BCUT2D eigenvalue weighted by molar-refractivity contribution is 5.72. The number of likely N-dealkylation sites (tertiary alicyclic amines) is 1. The fraction of sp³-hybridized carbons (Fsp3) is 0.480. The minimum absolute atomic E-state index is 0.112. The summed E-state index contributed by atoms with van der Waals surface area (Å²) in [5.74, 6) is -0.759. The van der Waals surface area contributed by atoms with E-state index in [0.29, 0.717) is 0 Å². The maximum absolute atomic E-state index is 11.3. The van der Waals surface area contributed by atoms with Crippen LogP contribution in [0.5, 0.6) is 0 Å². The smallest absolute Gasteiger partial charge is 0.320 e. The molecule has 1 fully saturated rings. The molecule has 4 heteroatoms. The van der Waals surface area contributed by atoms with Gasteiger partial charge in [0.2, 0.25) is 0 Å². The second kappa shape index (κ2) is 9.10. The Kier molecular flexibility index (Phi) is 6.76. The summed E-state index contributed by atoms with van der Waals surface area (Å²) in [6.07, 6.45) is 1.71. The number of aliphatic carboxylic acids is 1. The van der Waals surface area contributed by atoms with Crippen LogP contribution in [0.1, 0.15) is 63.3 Å². The first-order valence-electron chi connectivity index (χ1n) is 10.5. The fourth-order valence-corrected chi connectivity index (χ4v) is 3.88. The maximum atomic E-state index is 11.3. The molecule has 1 aliphatic heterocycles. The van der Waals surface area contributed by atoms with Gasteiger partial charge in [-0.3, -0.25) is 9.69 Å². The van der Waals surface area contributed by atoms with Crippen LogP contribution in [-0.4, -0.2) is 41.2 Å². The summed E-state index contributed by atoms with van der Waals surface area (Å²) in [6.45, 7) is 9.93. The van der Waals surface area contributed by atoms with Gasteiger partial charge in [-0.1, -0.05) is 75.4 Å². The predicted molar refractivity (Wildman–Crippen MR) is 116 cm³/mol. The molecule has 1 aliphatic rings. The Labute approximate surface area is 174 Å². The van der Waals surface area contributed by atoms with Crippen LogP contribution in [0.15, 0.2) is 54.6 Å². The molecule has 29 heavy (non-hydrogen) atoms. The monoisotopic (exact) mass is 395 g/mol. The molecule has 0 bridgehead atoms. The number of piperidine rings is 1. The van der Waals surface area contributed by atoms with E-state index in [0.717, 1.165) is 37.1 Å². The van der Waals surface area contributed by atoms with Crippen molar-refractivity contribution >= 4 is 5.97 Å². The van der Waals surface area contributed by atoms with Crippen molar-refractivity contribution in [2.75, 3.05) is 13.1 Å². The molecule has 0 amide bonds. The number of hydrogen-bond acceptors (Lipinski definition) is 3. The van der Waals surface area contributed by atoms with Crippen molar-refractivity contribution < 1.29 is 14.6 Å². The number of rotatable bonds is 6. The molecule has 1 N–H and O–H groups in total. The number of hydrogen-bond donors (Lipinski definition) is 1. The molecule has 0 spiro atoms. The lowest BCUT2D eigenvalue weighted by molar-refractivity contribution is -0.144. The van der Waals surface area contributed by atoms with E-state index in [4.69, 9.17) is 4.74 Å². The Bertz CT molecular complexity index is 787. The third kappa shape index (κ3) is 5.46. The van der Waals surface area contributed by atoms with Crippen molar-refractivity contribution in [1.29, 1.82) is 0 Å². The first-order chi connectivity index (χ1) is 13.8. The lowest BCUT2D eigenvalue weighted by Crippen LogP contribution is -2.45. The molecule has 0 saturated carbocycles. The third-order valence-corrected chi connectivity index (χ3v) is 5.89. The van der Waals surface area contributed by atoms with Crippen LogP contribution in [0.3, 0.4) is 0 Å². The number of ether oxygens (including phenoxy) is 1. The summed E-state index contributed by atoms with van der Waals surface area (Å²) in [7, 11) is 0. The second-order valence-electron chi connectivity index (χ2n) is 9.05. The molecule has 1 heterocycles. The number of nitrogens with zero attached hydrogens (tertiary/aromatic N) is 1. The van der Waals surface area contributed by atoms with Crippen molar-refractivity contribution in [2.24, 2.45) is 0 Å². The molecule has 2 aromatic carbocycles. The van der Waals surface area contributed by atoms with Crippen molar-refractivity contribution in [3.05, 3.63) is 71.3 Å². The number of carbonyl (C=O) groups is 1. The van der Waals surface area contributed by atoms with Crippen molar-refractivity contribution in [1.82, 2.24) is 4.90 Å². The van der Waals surface area contributed by atoms with E-state index < -0.39 is 12.0 Å². The highest BCUT2D eigenvalue weighted by Crippen LogP contribution is 2.32. The van der Waals surface area contributed by atoms with Crippen LogP contribution in [0.25, 0.3) is 0 Å². The number of carboxylic acids is 1. The van der Waals surface area contributed by atoms with Gasteiger partial charge in [0, 0.05) is 13.1 Å². The number of carboxylic acid groups (broad SMARTS) is 1. The van der Waals surface area contributed by atoms with Crippen molar-refractivity contribution in [3.63, 3.8) is 0 Å². The molecule has 2 unspecified atom stereocenters.